The fourth-order valence-corrected chi connectivity index (χ4v) is 2.88. The van der Waals surface area contributed by atoms with Crippen LogP contribution in [0.1, 0.15) is 13.8 Å². The first kappa shape index (κ1) is 16.5. The van der Waals surface area contributed by atoms with Gasteiger partial charge in [0.05, 0.1) is 49.9 Å². The Labute approximate surface area is 130 Å². The van der Waals surface area contributed by atoms with Gasteiger partial charge in [0, 0.05) is 13.1 Å². The Morgan fingerprint density at radius 2 is 1.91 bits per heavy atom. The predicted molar refractivity (Wildman–Crippen MR) is 85.4 cm³/mol. The normalized spacial score (nSPS) is 15.9. The predicted octanol–water partition coefficient (Wildman–Crippen LogP) is 0.915. The summed E-state index contributed by atoms with van der Waals surface area (Å²) in [6.45, 7) is 8.57. The van der Waals surface area contributed by atoms with Crippen molar-refractivity contribution in [1.29, 1.82) is 0 Å². The lowest BCUT2D eigenvalue weighted by Gasteiger charge is -2.32. The molecule has 1 aromatic carbocycles. The van der Waals surface area contributed by atoms with E-state index < -0.39 is 10.7 Å². The maximum absolute atomic E-state index is 14.3. The van der Waals surface area contributed by atoms with Gasteiger partial charge in [-0.3, -0.25) is 10.1 Å². The van der Waals surface area contributed by atoms with Gasteiger partial charge in [0.15, 0.2) is 5.82 Å². The number of quaternary nitrogens is 1. The molecule has 1 heterocycles. The van der Waals surface area contributed by atoms with Crippen LogP contribution >= 0.6 is 0 Å². The largest absolute Gasteiger partial charge is 0.370 e. The minimum absolute atomic E-state index is 0.145. The SMILES string of the molecule is CCN(CC)c1cc(N2CC[NH+](C)CC2)c([N+](=O)[O-])cc1F. The van der Waals surface area contributed by atoms with Gasteiger partial charge in [-0.15, -0.1) is 0 Å². The smallest absolute Gasteiger partial charge is 0.295 e. The van der Waals surface area contributed by atoms with Crippen molar-refractivity contribution in [2.24, 2.45) is 0 Å². The van der Waals surface area contributed by atoms with Crippen LogP contribution in [0.4, 0.5) is 21.5 Å². The molecule has 1 N–H and O–H groups in total. The number of nitrogens with one attached hydrogen (secondary N) is 1. The van der Waals surface area contributed by atoms with Crippen LogP contribution in [0.15, 0.2) is 12.1 Å². The molecule has 6 nitrogen and oxygen atoms in total. The summed E-state index contributed by atoms with van der Waals surface area (Å²) < 4.78 is 14.3. The highest BCUT2D eigenvalue weighted by molar-refractivity contribution is 5.71. The van der Waals surface area contributed by atoms with Crippen LogP contribution in [0.5, 0.6) is 0 Å². The molecule has 0 spiro atoms. The molecule has 2 rings (SSSR count). The van der Waals surface area contributed by atoms with Gasteiger partial charge in [-0.2, -0.15) is 0 Å². The van der Waals surface area contributed by atoms with Crippen molar-refractivity contribution >= 4 is 17.1 Å². The Kier molecular flexibility index (Phi) is 5.18. The van der Waals surface area contributed by atoms with E-state index in [0.717, 1.165) is 32.2 Å². The second kappa shape index (κ2) is 6.91. The number of hydrogen-bond acceptors (Lipinski definition) is 4. The third-order valence-electron chi connectivity index (χ3n) is 4.30. The van der Waals surface area contributed by atoms with Crippen molar-refractivity contribution in [2.45, 2.75) is 13.8 Å². The van der Waals surface area contributed by atoms with E-state index in [4.69, 9.17) is 0 Å². The highest BCUT2D eigenvalue weighted by atomic mass is 19.1. The second-order valence-electron chi connectivity index (χ2n) is 5.67. The van der Waals surface area contributed by atoms with Gasteiger partial charge in [0.1, 0.15) is 5.69 Å². The first-order valence-electron chi connectivity index (χ1n) is 7.77. The quantitative estimate of drug-likeness (QED) is 0.649. The van der Waals surface area contributed by atoms with E-state index in [-0.39, 0.29) is 5.69 Å². The summed E-state index contributed by atoms with van der Waals surface area (Å²) in [5, 5.41) is 11.3. The molecule has 0 radical (unpaired) electrons. The van der Waals surface area contributed by atoms with Crippen LogP contribution < -0.4 is 14.7 Å². The summed E-state index contributed by atoms with van der Waals surface area (Å²) in [6.07, 6.45) is 0. The number of likely N-dealkylation sites (N-methyl/N-ethyl adjacent to an activating group) is 1. The molecular weight excluding hydrogens is 287 g/mol. The molecule has 0 atom stereocenters. The molecule has 1 fully saturated rings. The van der Waals surface area contributed by atoms with E-state index in [1.54, 1.807) is 6.07 Å². The van der Waals surface area contributed by atoms with Crippen molar-refractivity contribution in [1.82, 2.24) is 0 Å². The zero-order valence-corrected chi connectivity index (χ0v) is 13.4. The molecule has 0 aliphatic carbocycles. The molecule has 1 saturated heterocycles. The van der Waals surface area contributed by atoms with E-state index in [1.165, 1.54) is 4.90 Å². The Morgan fingerprint density at radius 3 is 2.41 bits per heavy atom. The van der Waals surface area contributed by atoms with E-state index in [1.807, 2.05) is 23.6 Å². The summed E-state index contributed by atoms with van der Waals surface area (Å²) in [4.78, 5) is 16.1. The van der Waals surface area contributed by atoms with Crippen molar-refractivity contribution < 1.29 is 14.2 Å². The van der Waals surface area contributed by atoms with Gasteiger partial charge in [-0.05, 0) is 19.9 Å². The average Bonchev–Trinajstić information content (AvgIpc) is 2.50. The third-order valence-corrected chi connectivity index (χ3v) is 4.30. The van der Waals surface area contributed by atoms with Crippen molar-refractivity contribution in [3.05, 3.63) is 28.1 Å². The average molecular weight is 311 g/mol. The summed E-state index contributed by atoms with van der Waals surface area (Å²) in [5.74, 6) is -0.529. The molecule has 1 aromatic rings. The lowest BCUT2D eigenvalue weighted by atomic mass is 10.1. The zero-order valence-electron chi connectivity index (χ0n) is 13.4. The van der Waals surface area contributed by atoms with Crippen molar-refractivity contribution in [3.63, 3.8) is 0 Å². The minimum atomic E-state index is -0.529. The molecule has 0 aromatic heterocycles. The molecule has 1 aliphatic rings. The van der Waals surface area contributed by atoms with Crippen LogP contribution in [0.2, 0.25) is 0 Å². The van der Waals surface area contributed by atoms with Crippen molar-refractivity contribution in [3.8, 4) is 0 Å². The summed E-state index contributed by atoms with van der Waals surface area (Å²) >= 11 is 0. The first-order chi connectivity index (χ1) is 10.5. The summed E-state index contributed by atoms with van der Waals surface area (Å²) in [7, 11) is 2.11. The van der Waals surface area contributed by atoms with Gasteiger partial charge < -0.3 is 14.7 Å². The Bertz CT molecular complexity index is 541. The van der Waals surface area contributed by atoms with E-state index in [2.05, 4.69) is 7.05 Å². The number of nitro groups is 1. The second-order valence-corrected chi connectivity index (χ2v) is 5.67. The zero-order chi connectivity index (χ0) is 16.3. The van der Waals surface area contributed by atoms with E-state index in [9.17, 15) is 14.5 Å². The standard InChI is InChI=1S/C15H23FN4O2/c1-4-18(5-2)13-11-14(15(20(21)22)10-12(13)16)19-8-6-17(3)7-9-19/h10-11H,4-9H2,1-3H3/p+1. The van der Waals surface area contributed by atoms with Gasteiger partial charge in [-0.25, -0.2) is 4.39 Å². The Balaban J connectivity index is 2.44. The molecule has 0 bridgehead atoms. The number of benzene rings is 1. The first-order valence-corrected chi connectivity index (χ1v) is 7.77. The van der Waals surface area contributed by atoms with Crippen LogP contribution in [0, 0.1) is 15.9 Å². The van der Waals surface area contributed by atoms with Gasteiger partial charge in [0.2, 0.25) is 0 Å². The Hall–Kier alpha value is -1.89. The maximum atomic E-state index is 14.3. The Morgan fingerprint density at radius 1 is 1.32 bits per heavy atom. The maximum Gasteiger partial charge on any atom is 0.295 e. The van der Waals surface area contributed by atoms with Crippen molar-refractivity contribution in [2.75, 3.05) is 56.1 Å². The number of nitro benzene ring substituents is 1. The molecule has 0 unspecified atom stereocenters. The van der Waals surface area contributed by atoms with Crippen LogP contribution in [0.25, 0.3) is 0 Å². The molecule has 22 heavy (non-hydrogen) atoms. The molecule has 122 valence electrons. The van der Waals surface area contributed by atoms with Gasteiger partial charge >= 0.3 is 0 Å². The van der Waals surface area contributed by atoms with Crippen LogP contribution in [-0.2, 0) is 0 Å². The number of halogens is 1. The number of hydrogen-bond donors (Lipinski definition) is 1. The fourth-order valence-electron chi connectivity index (χ4n) is 2.88. The summed E-state index contributed by atoms with van der Waals surface area (Å²) in [6, 6.07) is 2.70. The highest BCUT2D eigenvalue weighted by Crippen LogP contribution is 2.35. The fraction of sp³-hybridized carbons (Fsp3) is 0.600. The third kappa shape index (κ3) is 3.30. The van der Waals surface area contributed by atoms with Gasteiger partial charge in [-0.1, -0.05) is 0 Å². The van der Waals surface area contributed by atoms with Crippen LogP contribution in [-0.4, -0.2) is 51.2 Å². The number of piperazine rings is 1. The van der Waals surface area contributed by atoms with E-state index in [0.29, 0.717) is 24.5 Å². The topological polar surface area (TPSA) is 54.1 Å². The number of nitrogens with zero attached hydrogens (tertiary/aromatic N) is 3. The molecule has 0 saturated carbocycles. The lowest BCUT2D eigenvalue weighted by Crippen LogP contribution is -3.12. The highest BCUT2D eigenvalue weighted by Gasteiger charge is 2.27. The van der Waals surface area contributed by atoms with Gasteiger partial charge in [0.25, 0.3) is 5.69 Å². The van der Waals surface area contributed by atoms with Crippen LogP contribution in [0.3, 0.4) is 0 Å². The number of rotatable bonds is 5. The molecular formula is C15H24FN4O2+. The summed E-state index contributed by atoms with van der Waals surface area (Å²) in [5.41, 5.74) is 0.825. The minimum Gasteiger partial charge on any atom is -0.370 e. The monoisotopic (exact) mass is 311 g/mol. The molecule has 1 aliphatic heterocycles. The molecule has 7 heteroatoms. The van der Waals surface area contributed by atoms with E-state index >= 15 is 0 Å². The number of anilines is 2. The lowest BCUT2D eigenvalue weighted by molar-refractivity contribution is -0.880. The molecule has 0 amide bonds.